The van der Waals surface area contributed by atoms with Crippen LogP contribution in [0.1, 0.15) is 12.7 Å². The molecule has 1 aromatic carbocycles. The summed E-state index contributed by atoms with van der Waals surface area (Å²) in [6, 6.07) is 10.2. The highest BCUT2D eigenvalue weighted by atomic mass is 35.5. The van der Waals surface area contributed by atoms with Crippen molar-refractivity contribution in [1.29, 1.82) is 0 Å². The molecule has 0 amide bonds. The van der Waals surface area contributed by atoms with Crippen molar-refractivity contribution in [2.24, 2.45) is 0 Å². The van der Waals surface area contributed by atoms with Gasteiger partial charge in [-0.2, -0.15) is 0 Å². The molecule has 0 fully saturated rings. The molecule has 0 aliphatic rings. The van der Waals surface area contributed by atoms with Gasteiger partial charge in [0.25, 0.3) is 0 Å². The van der Waals surface area contributed by atoms with Crippen LogP contribution >= 0.6 is 11.6 Å². The largest absolute Gasteiger partial charge is 0.374 e. The molecule has 0 saturated heterocycles. The van der Waals surface area contributed by atoms with Crippen LogP contribution in [0.25, 0.3) is 27.7 Å². The van der Waals surface area contributed by atoms with E-state index in [0.717, 1.165) is 27.9 Å². The van der Waals surface area contributed by atoms with Crippen molar-refractivity contribution in [2.45, 2.75) is 13.5 Å². The Balaban J connectivity index is 1.82. The summed E-state index contributed by atoms with van der Waals surface area (Å²) in [7, 11) is 0. The molecule has 0 aliphatic heterocycles. The number of aromatic nitrogens is 4. The molecular formula is C17H15ClN4O. The van der Waals surface area contributed by atoms with Crippen molar-refractivity contribution in [3.63, 3.8) is 0 Å². The number of aromatic amines is 1. The Hall–Kier alpha value is -2.37. The van der Waals surface area contributed by atoms with Crippen molar-refractivity contribution in [3.8, 4) is 11.1 Å². The number of hydrogen-bond donors (Lipinski definition) is 1. The maximum Gasteiger partial charge on any atom is 0.180 e. The molecule has 0 bridgehead atoms. The normalized spacial score (nSPS) is 11.6. The number of ether oxygens (including phenoxy) is 1. The molecule has 4 aromatic rings. The Morgan fingerprint density at radius 1 is 1.22 bits per heavy atom. The van der Waals surface area contributed by atoms with Gasteiger partial charge in [-0.15, -0.1) is 10.2 Å². The smallest absolute Gasteiger partial charge is 0.180 e. The molecule has 0 atom stereocenters. The number of rotatable bonds is 4. The molecule has 4 rings (SSSR count). The van der Waals surface area contributed by atoms with Crippen molar-refractivity contribution < 1.29 is 4.74 Å². The minimum atomic E-state index is 0.419. The van der Waals surface area contributed by atoms with Gasteiger partial charge >= 0.3 is 0 Å². The van der Waals surface area contributed by atoms with E-state index in [2.05, 4.69) is 27.3 Å². The molecule has 3 heterocycles. The number of nitrogens with one attached hydrogen (secondary N) is 1. The first kappa shape index (κ1) is 14.2. The van der Waals surface area contributed by atoms with Gasteiger partial charge in [-0.1, -0.05) is 17.7 Å². The second-order valence-electron chi connectivity index (χ2n) is 5.27. The Labute approximate surface area is 137 Å². The van der Waals surface area contributed by atoms with Crippen molar-refractivity contribution in [1.82, 2.24) is 19.6 Å². The molecule has 23 heavy (non-hydrogen) atoms. The van der Waals surface area contributed by atoms with Crippen LogP contribution in [0, 0.1) is 0 Å². The van der Waals surface area contributed by atoms with Gasteiger partial charge in [-0.05, 0) is 42.1 Å². The van der Waals surface area contributed by atoms with Gasteiger partial charge < -0.3 is 9.72 Å². The summed E-state index contributed by atoms with van der Waals surface area (Å²) in [6.45, 7) is 3.01. The van der Waals surface area contributed by atoms with Crippen LogP contribution in [0.2, 0.25) is 5.02 Å². The second kappa shape index (κ2) is 5.68. The molecule has 3 aromatic heterocycles. The highest BCUT2D eigenvalue weighted by molar-refractivity contribution is 6.36. The van der Waals surface area contributed by atoms with E-state index in [0.29, 0.717) is 23.9 Å². The molecule has 0 unspecified atom stereocenters. The van der Waals surface area contributed by atoms with Crippen LogP contribution in [0.3, 0.4) is 0 Å². The summed E-state index contributed by atoms with van der Waals surface area (Å²) in [4.78, 5) is 3.19. The van der Waals surface area contributed by atoms with Crippen molar-refractivity contribution in [2.75, 3.05) is 6.61 Å². The molecular weight excluding hydrogens is 312 g/mol. The van der Waals surface area contributed by atoms with Crippen LogP contribution < -0.4 is 0 Å². The third-order valence-corrected chi connectivity index (χ3v) is 4.26. The van der Waals surface area contributed by atoms with Crippen LogP contribution in [0.4, 0.5) is 0 Å². The fraction of sp³-hybridized carbons (Fsp3) is 0.176. The van der Waals surface area contributed by atoms with Gasteiger partial charge in [-0.25, -0.2) is 0 Å². The average Bonchev–Trinajstić information content (AvgIpc) is 3.19. The number of fused-ring (bicyclic) bond motifs is 2. The Kier molecular flexibility index (Phi) is 3.52. The van der Waals surface area contributed by atoms with E-state index >= 15 is 0 Å². The fourth-order valence-corrected chi connectivity index (χ4v) is 3.01. The van der Waals surface area contributed by atoms with Crippen LogP contribution in [0.15, 0.2) is 42.7 Å². The predicted octanol–water partition coefficient (Wildman–Crippen LogP) is 4.07. The van der Waals surface area contributed by atoms with E-state index in [9.17, 15) is 0 Å². The van der Waals surface area contributed by atoms with E-state index in [-0.39, 0.29) is 0 Å². The summed E-state index contributed by atoms with van der Waals surface area (Å²) >= 11 is 6.58. The molecule has 0 saturated carbocycles. The zero-order valence-corrected chi connectivity index (χ0v) is 13.3. The molecule has 5 nitrogen and oxygen atoms in total. The summed E-state index contributed by atoms with van der Waals surface area (Å²) in [5.74, 6) is 0.747. The molecule has 6 heteroatoms. The summed E-state index contributed by atoms with van der Waals surface area (Å²) < 4.78 is 7.28. The maximum atomic E-state index is 6.58. The van der Waals surface area contributed by atoms with E-state index in [1.165, 1.54) is 0 Å². The van der Waals surface area contributed by atoms with Gasteiger partial charge in [-0.3, -0.25) is 4.40 Å². The SMILES string of the molecule is CCOCc1nnc2c(Cl)c(-c3ccc4[nH]ccc4c3)ccn12. The van der Waals surface area contributed by atoms with Gasteiger partial charge in [0.15, 0.2) is 11.5 Å². The molecule has 0 radical (unpaired) electrons. The first-order valence-corrected chi connectivity index (χ1v) is 7.83. The fourth-order valence-electron chi connectivity index (χ4n) is 2.71. The number of nitrogens with zero attached hydrogens (tertiary/aromatic N) is 3. The highest BCUT2D eigenvalue weighted by Gasteiger charge is 2.13. The number of halogens is 1. The Morgan fingerprint density at radius 2 is 2.13 bits per heavy atom. The molecule has 1 N–H and O–H groups in total. The average molecular weight is 327 g/mol. The highest BCUT2D eigenvalue weighted by Crippen LogP contribution is 2.32. The minimum Gasteiger partial charge on any atom is -0.374 e. The number of pyridine rings is 1. The second-order valence-corrected chi connectivity index (χ2v) is 5.65. The van der Waals surface area contributed by atoms with Gasteiger partial charge in [0, 0.05) is 30.1 Å². The lowest BCUT2D eigenvalue weighted by Crippen LogP contribution is -1.99. The van der Waals surface area contributed by atoms with Crippen LogP contribution in [-0.4, -0.2) is 26.2 Å². The summed E-state index contributed by atoms with van der Waals surface area (Å²) in [5.41, 5.74) is 3.75. The topological polar surface area (TPSA) is 55.2 Å². The number of hydrogen-bond acceptors (Lipinski definition) is 3. The van der Waals surface area contributed by atoms with E-state index < -0.39 is 0 Å². The zero-order valence-electron chi connectivity index (χ0n) is 12.6. The van der Waals surface area contributed by atoms with Crippen LogP contribution in [-0.2, 0) is 11.3 Å². The standard InChI is InChI=1S/C17H15ClN4O/c1-2-23-10-15-20-21-17-16(18)13(6-8-22(15)17)11-3-4-14-12(9-11)5-7-19-14/h3-9,19H,2,10H2,1H3. The number of H-pyrrole nitrogens is 1. The van der Waals surface area contributed by atoms with E-state index in [1.807, 2.05) is 41.9 Å². The van der Waals surface area contributed by atoms with E-state index in [4.69, 9.17) is 16.3 Å². The Bertz CT molecular complexity index is 989. The first-order chi connectivity index (χ1) is 11.3. The summed E-state index contributed by atoms with van der Waals surface area (Å²) in [6.07, 6.45) is 3.87. The monoisotopic (exact) mass is 326 g/mol. The predicted molar refractivity (Wildman–Crippen MR) is 90.6 cm³/mol. The lowest BCUT2D eigenvalue weighted by atomic mass is 10.1. The quantitative estimate of drug-likeness (QED) is 0.615. The molecule has 0 aliphatic carbocycles. The van der Waals surface area contributed by atoms with Crippen molar-refractivity contribution in [3.05, 3.63) is 53.6 Å². The lowest BCUT2D eigenvalue weighted by molar-refractivity contribution is 0.127. The third kappa shape index (κ3) is 2.38. The number of benzene rings is 1. The Morgan fingerprint density at radius 3 is 3.00 bits per heavy atom. The third-order valence-electron chi connectivity index (χ3n) is 3.89. The van der Waals surface area contributed by atoms with Crippen LogP contribution in [0.5, 0.6) is 0 Å². The zero-order chi connectivity index (χ0) is 15.8. The summed E-state index contributed by atoms with van der Waals surface area (Å²) in [5, 5.41) is 10.1. The van der Waals surface area contributed by atoms with Gasteiger partial charge in [0.1, 0.15) is 6.61 Å². The van der Waals surface area contributed by atoms with Gasteiger partial charge in [0.05, 0.1) is 5.02 Å². The van der Waals surface area contributed by atoms with Crippen molar-refractivity contribution >= 4 is 28.2 Å². The minimum absolute atomic E-state index is 0.419. The maximum absolute atomic E-state index is 6.58. The lowest BCUT2D eigenvalue weighted by Gasteiger charge is -2.07. The molecule has 116 valence electrons. The first-order valence-electron chi connectivity index (χ1n) is 7.45. The van der Waals surface area contributed by atoms with Gasteiger partial charge in [0.2, 0.25) is 0 Å². The molecule has 0 spiro atoms. The van der Waals surface area contributed by atoms with E-state index in [1.54, 1.807) is 0 Å².